The van der Waals surface area contributed by atoms with Gasteiger partial charge >= 0.3 is 0 Å². The van der Waals surface area contributed by atoms with Crippen LogP contribution in [0.25, 0.3) is 0 Å². The highest BCUT2D eigenvalue weighted by atomic mass is 16.2. The molecule has 0 aliphatic carbocycles. The molecule has 0 bridgehead atoms. The molecule has 122 valence electrons. The molecule has 2 rings (SSSR count). The van der Waals surface area contributed by atoms with Crippen molar-refractivity contribution in [2.75, 3.05) is 26.2 Å². The van der Waals surface area contributed by atoms with Gasteiger partial charge in [0, 0.05) is 43.4 Å². The first-order valence-electron chi connectivity index (χ1n) is 8.00. The molecular formula is C16H26N4O2. The third-order valence-corrected chi connectivity index (χ3v) is 4.41. The van der Waals surface area contributed by atoms with Crippen molar-refractivity contribution in [2.24, 2.45) is 0 Å². The normalized spacial score (nSPS) is 19.5. The van der Waals surface area contributed by atoms with E-state index in [2.05, 4.69) is 28.7 Å². The van der Waals surface area contributed by atoms with E-state index >= 15 is 0 Å². The Balaban J connectivity index is 1.98. The van der Waals surface area contributed by atoms with Crippen LogP contribution in [0.5, 0.6) is 0 Å². The lowest BCUT2D eigenvalue weighted by atomic mass is 10.1. The quantitative estimate of drug-likeness (QED) is 0.896. The lowest BCUT2D eigenvalue weighted by Crippen LogP contribution is -2.53. The number of nitrogens with zero attached hydrogens (tertiary/aromatic N) is 3. The van der Waals surface area contributed by atoms with Gasteiger partial charge in [-0.25, -0.2) is 4.98 Å². The summed E-state index contributed by atoms with van der Waals surface area (Å²) in [5.74, 6) is 0.740. The van der Waals surface area contributed by atoms with Gasteiger partial charge in [0.25, 0.3) is 5.56 Å². The number of likely N-dealkylation sites (N-methyl/N-ethyl adjacent to an activating group) is 1. The molecule has 22 heavy (non-hydrogen) atoms. The van der Waals surface area contributed by atoms with E-state index in [0.717, 1.165) is 31.9 Å². The molecule has 0 aromatic carbocycles. The maximum absolute atomic E-state index is 12.4. The van der Waals surface area contributed by atoms with Gasteiger partial charge in [-0.2, -0.15) is 0 Å². The Bertz CT molecular complexity index is 596. The molecule has 2 heterocycles. The van der Waals surface area contributed by atoms with Gasteiger partial charge in [-0.3, -0.25) is 14.5 Å². The summed E-state index contributed by atoms with van der Waals surface area (Å²) in [4.78, 5) is 35.7. The van der Waals surface area contributed by atoms with Crippen molar-refractivity contribution in [3.63, 3.8) is 0 Å². The molecule has 1 atom stereocenters. The minimum absolute atomic E-state index is 0.123. The molecule has 0 radical (unpaired) electrons. The van der Waals surface area contributed by atoms with E-state index < -0.39 is 0 Å². The topological polar surface area (TPSA) is 69.3 Å². The highest BCUT2D eigenvalue weighted by Crippen LogP contribution is 2.12. The molecule has 0 spiro atoms. The second-order valence-electron chi connectivity index (χ2n) is 6.04. The summed E-state index contributed by atoms with van der Waals surface area (Å²) in [5, 5.41) is 0. The van der Waals surface area contributed by atoms with Crippen molar-refractivity contribution in [1.29, 1.82) is 0 Å². The Labute approximate surface area is 131 Å². The Morgan fingerprint density at radius 2 is 2.09 bits per heavy atom. The summed E-state index contributed by atoms with van der Waals surface area (Å²) in [7, 11) is 0. The Hall–Kier alpha value is -1.69. The Kier molecular flexibility index (Phi) is 5.34. The number of H-pyrrole nitrogens is 1. The number of rotatable bonds is 4. The first-order valence-corrected chi connectivity index (χ1v) is 8.00. The predicted molar refractivity (Wildman–Crippen MR) is 85.9 cm³/mol. The third-order valence-electron chi connectivity index (χ3n) is 4.41. The lowest BCUT2D eigenvalue weighted by molar-refractivity contribution is -0.135. The van der Waals surface area contributed by atoms with Gasteiger partial charge in [0.1, 0.15) is 5.82 Å². The van der Waals surface area contributed by atoms with Crippen LogP contribution in [-0.2, 0) is 11.2 Å². The lowest BCUT2D eigenvalue weighted by Gasteiger charge is -2.39. The fourth-order valence-corrected chi connectivity index (χ4v) is 3.11. The van der Waals surface area contributed by atoms with Crippen LogP contribution in [0.2, 0.25) is 0 Å². The summed E-state index contributed by atoms with van der Waals surface area (Å²) in [5.41, 5.74) is 1.22. The van der Waals surface area contributed by atoms with Gasteiger partial charge in [-0.15, -0.1) is 0 Å². The second-order valence-corrected chi connectivity index (χ2v) is 6.04. The van der Waals surface area contributed by atoms with Crippen molar-refractivity contribution in [2.45, 2.75) is 46.6 Å². The maximum atomic E-state index is 12.4. The van der Waals surface area contributed by atoms with E-state index in [0.29, 0.717) is 24.2 Å². The molecule has 1 aromatic rings. The summed E-state index contributed by atoms with van der Waals surface area (Å²) in [6.45, 7) is 11.5. The number of aromatic amines is 1. The van der Waals surface area contributed by atoms with Gasteiger partial charge < -0.3 is 9.88 Å². The van der Waals surface area contributed by atoms with Crippen molar-refractivity contribution in [3.05, 3.63) is 27.4 Å². The minimum Gasteiger partial charge on any atom is -0.337 e. The third kappa shape index (κ3) is 3.74. The average Bonchev–Trinajstić information content (AvgIpc) is 2.45. The van der Waals surface area contributed by atoms with Gasteiger partial charge in [0.05, 0.1) is 0 Å². The van der Waals surface area contributed by atoms with Gasteiger partial charge in [-0.05, 0) is 33.7 Å². The van der Waals surface area contributed by atoms with Crippen LogP contribution in [0.1, 0.15) is 37.4 Å². The van der Waals surface area contributed by atoms with Crippen LogP contribution >= 0.6 is 0 Å². The molecule has 1 amide bonds. The van der Waals surface area contributed by atoms with E-state index in [1.165, 1.54) is 0 Å². The van der Waals surface area contributed by atoms with Crippen LogP contribution in [-0.4, -0.2) is 57.9 Å². The molecule has 1 aliphatic heterocycles. The predicted octanol–water partition coefficient (Wildman–Crippen LogP) is 0.872. The van der Waals surface area contributed by atoms with E-state index in [-0.39, 0.29) is 17.5 Å². The van der Waals surface area contributed by atoms with Crippen LogP contribution in [0.3, 0.4) is 0 Å². The maximum Gasteiger partial charge on any atom is 0.254 e. The standard InChI is InChI=1S/C16H26N4O2/c1-5-19-8-9-20(11(2)10-19)15(21)7-6-14-12(3)17-13(4)18-16(14)22/h11H,5-10H2,1-4H3,(H,17,18,22). The smallest absolute Gasteiger partial charge is 0.254 e. The molecule has 6 nitrogen and oxygen atoms in total. The van der Waals surface area contributed by atoms with Crippen LogP contribution < -0.4 is 5.56 Å². The highest BCUT2D eigenvalue weighted by molar-refractivity contribution is 5.77. The average molecular weight is 306 g/mol. The number of carbonyl (C=O) groups is 1. The fraction of sp³-hybridized carbons (Fsp3) is 0.688. The zero-order chi connectivity index (χ0) is 16.3. The highest BCUT2D eigenvalue weighted by Gasteiger charge is 2.26. The zero-order valence-electron chi connectivity index (χ0n) is 14.0. The van der Waals surface area contributed by atoms with Crippen molar-refractivity contribution in [1.82, 2.24) is 19.8 Å². The number of piperazine rings is 1. The molecule has 6 heteroatoms. The van der Waals surface area contributed by atoms with Crippen molar-refractivity contribution in [3.8, 4) is 0 Å². The van der Waals surface area contributed by atoms with Crippen molar-refractivity contribution >= 4 is 5.91 Å². The van der Waals surface area contributed by atoms with Crippen molar-refractivity contribution < 1.29 is 4.79 Å². The van der Waals surface area contributed by atoms with E-state index in [4.69, 9.17) is 0 Å². The number of hydrogen-bond acceptors (Lipinski definition) is 4. The summed E-state index contributed by atoms with van der Waals surface area (Å²) >= 11 is 0. The number of aromatic nitrogens is 2. The fourth-order valence-electron chi connectivity index (χ4n) is 3.11. The van der Waals surface area contributed by atoms with Gasteiger partial charge in [0.2, 0.25) is 5.91 Å². The number of aryl methyl sites for hydroxylation is 2. The largest absolute Gasteiger partial charge is 0.337 e. The molecule has 1 N–H and O–H groups in total. The van der Waals surface area contributed by atoms with Crippen LogP contribution in [0.15, 0.2) is 4.79 Å². The number of nitrogens with one attached hydrogen (secondary N) is 1. The molecule has 0 saturated carbocycles. The van der Waals surface area contributed by atoms with Crippen LogP contribution in [0, 0.1) is 13.8 Å². The number of hydrogen-bond donors (Lipinski definition) is 1. The SMILES string of the molecule is CCN1CCN(C(=O)CCc2c(C)nc(C)[nH]c2=O)C(C)C1. The first kappa shape index (κ1) is 16.7. The Morgan fingerprint density at radius 3 is 2.68 bits per heavy atom. The summed E-state index contributed by atoms with van der Waals surface area (Å²) in [6, 6.07) is 0.233. The van der Waals surface area contributed by atoms with Gasteiger partial charge in [0.15, 0.2) is 0 Å². The Morgan fingerprint density at radius 1 is 1.36 bits per heavy atom. The monoisotopic (exact) mass is 306 g/mol. The first-order chi connectivity index (χ1) is 10.4. The van der Waals surface area contributed by atoms with E-state index in [1.54, 1.807) is 6.92 Å². The van der Waals surface area contributed by atoms with E-state index in [1.807, 2.05) is 11.8 Å². The molecule has 1 unspecified atom stereocenters. The number of carbonyl (C=O) groups excluding carboxylic acids is 1. The number of amides is 1. The van der Waals surface area contributed by atoms with Crippen LogP contribution in [0.4, 0.5) is 0 Å². The molecule has 1 saturated heterocycles. The molecule has 1 fully saturated rings. The van der Waals surface area contributed by atoms with E-state index in [9.17, 15) is 9.59 Å². The molecule has 1 aromatic heterocycles. The zero-order valence-corrected chi connectivity index (χ0v) is 14.0. The minimum atomic E-state index is -0.123. The molecule has 1 aliphatic rings. The summed E-state index contributed by atoms with van der Waals surface area (Å²) < 4.78 is 0. The van der Waals surface area contributed by atoms with Gasteiger partial charge in [-0.1, -0.05) is 6.92 Å². The summed E-state index contributed by atoms with van der Waals surface area (Å²) in [6.07, 6.45) is 0.819. The molecular weight excluding hydrogens is 280 g/mol. The second kappa shape index (κ2) is 7.05.